The number of rotatable bonds is 7. The van der Waals surface area contributed by atoms with E-state index in [9.17, 15) is 19.7 Å². The molecule has 12 heteroatoms. The van der Waals surface area contributed by atoms with Gasteiger partial charge in [0.2, 0.25) is 0 Å². The largest absolute Gasteiger partial charge is 0.496 e. The van der Waals surface area contributed by atoms with Crippen molar-refractivity contribution in [1.29, 1.82) is 0 Å². The van der Waals surface area contributed by atoms with E-state index in [0.717, 1.165) is 14.9 Å². The maximum absolute atomic E-state index is 13.8. The van der Waals surface area contributed by atoms with Crippen molar-refractivity contribution in [3.63, 3.8) is 0 Å². The molecule has 0 saturated carbocycles. The zero-order valence-corrected chi connectivity index (χ0v) is 24.5. The number of furan rings is 1. The Morgan fingerprint density at radius 3 is 2.75 bits per heavy atom. The van der Waals surface area contributed by atoms with Crippen LogP contribution in [0.5, 0.6) is 5.75 Å². The molecule has 2 aromatic carbocycles. The molecule has 204 valence electrons. The number of hydrogen-bond donors (Lipinski definition) is 0. The molecule has 40 heavy (non-hydrogen) atoms. The second-order valence-corrected chi connectivity index (χ2v) is 10.9. The summed E-state index contributed by atoms with van der Waals surface area (Å²) in [6.45, 7) is 3.52. The number of non-ortho nitro benzene ring substituents is 1. The Morgan fingerprint density at radius 2 is 2.05 bits per heavy atom. The van der Waals surface area contributed by atoms with Crippen molar-refractivity contribution in [1.82, 2.24) is 4.57 Å². The predicted octanol–water partition coefficient (Wildman–Crippen LogP) is 4.58. The standard InChI is InChI=1S/C28H22IN3O7S/c1-4-38-27(34)24-15(2)30-28-31(26(33)23(40-28)13-16-8-9-21(37-3)19(29)12-16)25(24)22-11-10-20(39-22)17-6-5-7-18(14-17)32(35)36/h5-14,25H,4H2,1-3H3/b23-13-/t25-/m0/s1. The van der Waals surface area contributed by atoms with Crippen LogP contribution < -0.4 is 19.6 Å². The zero-order valence-electron chi connectivity index (χ0n) is 21.5. The van der Waals surface area contributed by atoms with E-state index in [-0.39, 0.29) is 23.4 Å². The van der Waals surface area contributed by atoms with E-state index < -0.39 is 16.9 Å². The van der Waals surface area contributed by atoms with Gasteiger partial charge in [-0.15, -0.1) is 0 Å². The molecule has 2 aromatic heterocycles. The third-order valence-electron chi connectivity index (χ3n) is 6.23. The Balaban J connectivity index is 1.67. The van der Waals surface area contributed by atoms with Crippen LogP contribution in [0.25, 0.3) is 17.4 Å². The molecule has 1 atom stereocenters. The number of ether oxygens (including phenoxy) is 2. The Labute approximate surface area is 245 Å². The van der Waals surface area contributed by atoms with Crippen LogP contribution in [-0.4, -0.2) is 29.2 Å². The van der Waals surface area contributed by atoms with Crippen molar-refractivity contribution in [2.45, 2.75) is 19.9 Å². The summed E-state index contributed by atoms with van der Waals surface area (Å²) in [5.41, 5.74) is 1.45. The lowest BCUT2D eigenvalue weighted by atomic mass is 10.0. The second-order valence-electron chi connectivity index (χ2n) is 8.71. The number of fused-ring (bicyclic) bond motifs is 1. The third-order valence-corrected chi connectivity index (χ3v) is 8.05. The number of halogens is 1. The maximum atomic E-state index is 13.8. The van der Waals surface area contributed by atoms with Crippen LogP contribution in [0.1, 0.15) is 31.2 Å². The summed E-state index contributed by atoms with van der Waals surface area (Å²) in [4.78, 5) is 42.7. The van der Waals surface area contributed by atoms with Crippen molar-refractivity contribution in [3.05, 3.63) is 111 Å². The summed E-state index contributed by atoms with van der Waals surface area (Å²) in [7, 11) is 1.60. The van der Waals surface area contributed by atoms with Crippen LogP contribution in [0, 0.1) is 13.7 Å². The molecule has 5 rings (SSSR count). The minimum absolute atomic E-state index is 0.0837. The van der Waals surface area contributed by atoms with E-state index in [2.05, 4.69) is 27.6 Å². The molecule has 0 radical (unpaired) electrons. The smallest absolute Gasteiger partial charge is 0.338 e. The van der Waals surface area contributed by atoms with Crippen molar-refractivity contribution < 1.29 is 23.6 Å². The quantitative estimate of drug-likeness (QED) is 0.122. The monoisotopic (exact) mass is 671 g/mol. The van der Waals surface area contributed by atoms with E-state index in [0.29, 0.717) is 32.1 Å². The van der Waals surface area contributed by atoms with Gasteiger partial charge in [-0.25, -0.2) is 9.79 Å². The highest BCUT2D eigenvalue weighted by Crippen LogP contribution is 2.35. The summed E-state index contributed by atoms with van der Waals surface area (Å²) < 4.78 is 19.5. The lowest BCUT2D eigenvalue weighted by molar-refractivity contribution is -0.384. The van der Waals surface area contributed by atoms with E-state index in [1.54, 1.807) is 51.3 Å². The first-order chi connectivity index (χ1) is 19.2. The number of esters is 1. The number of thiazole rings is 1. The molecule has 0 fully saturated rings. The van der Waals surface area contributed by atoms with Crippen molar-refractivity contribution >= 4 is 51.7 Å². The zero-order chi connectivity index (χ0) is 28.6. The molecule has 0 N–H and O–H groups in total. The van der Waals surface area contributed by atoms with Gasteiger partial charge >= 0.3 is 5.97 Å². The fourth-order valence-corrected chi connectivity index (χ4v) is 6.22. The average Bonchev–Trinajstić information content (AvgIpc) is 3.53. The van der Waals surface area contributed by atoms with Crippen molar-refractivity contribution in [3.8, 4) is 17.1 Å². The summed E-state index contributed by atoms with van der Waals surface area (Å²) in [5.74, 6) is 0.768. The molecular weight excluding hydrogens is 649 g/mol. The number of nitrogens with zero attached hydrogens (tertiary/aromatic N) is 3. The average molecular weight is 671 g/mol. The Hall–Kier alpha value is -4.04. The lowest BCUT2D eigenvalue weighted by Crippen LogP contribution is -2.39. The molecule has 4 aromatic rings. The molecule has 0 saturated heterocycles. The molecular formula is C28H22IN3O7S. The first kappa shape index (κ1) is 27.5. The SMILES string of the molecule is CCOC(=O)C1=C(C)N=c2s/c(=C\c3ccc(OC)c(I)c3)c(=O)n2[C@H]1c1ccc(-c2cccc([N+](=O)[O-])c2)o1. The minimum atomic E-state index is -0.944. The van der Waals surface area contributed by atoms with Crippen LogP contribution in [0.2, 0.25) is 0 Å². The number of carbonyl (C=O) groups excluding carboxylic acids is 1. The van der Waals surface area contributed by atoms with Crippen LogP contribution >= 0.6 is 33.9 Å². The fraction of sp³-hybridized carbons (Fsp3) is 0.179. The maximum Gasteiger partial charge on any atom is 0.338 e. The van der Waals surface area contributed by atoms with E-state index in [4.69, 9.17) is 13.9 Å². The molecule has 1 aliphatic heterocycles. The van der Waals surface area contributed by atoms with E-state index in [1.807, 2.05) is 18.2 Å². The number of carbonyl (C=O) groups is 1. The van der Waals surface area contributed by atoms with Gasteiger partial charge < -0.3 is 13.9 Å². The van der Waals surface area contributed by atoms with E-state index in [1.165, 1.54) is 28.0 Å². The van der Waals surface area contributed by atoms with Crippen LogP contribution in [0.4, 0.5) is 5.69 Å². The molecule has 0 bridgehead atoms. The van der Waals surface area contributed by atoms with Gasteiger partial charge in [0, 0.05) is 17.7 Å². The molecule has 1 aliphatic rings. The summed E-state index contributed by atoms with van der Waals surface area (Å²) in [6.07, 6.45) is 1.77. The molecule has 0 amide bonds. The number of aromatic nitrogens is 1. The van der Waals surface area contributed by atoms with Gasteiger partial charge in [0.15, 0.2) is 4.80 Å². The highest BCUT2D eigenvalue weighted by atomic mass is 127. The van der Waals surface area contributed by atoms with Gasteiger partial charge in [-0.3, -0.25) is 19.5 Å². The highest BCUT2D eigenvalue weighted by molar-refractivity contribution is 14.1. The molecule has 0 unspecified atom stereocenters. The van der Waals surface area contributed by atoms with Crippen LogP contribution in [0.15, 0.2) is 80.1 Å². The van der Waals surface area contributed by atoms with Gasteiger partial charge in [-0.2, -0.15) is 0 Å². The van der Waals surface area contributed by atoms with Gasteiger partial charge in [0.05, 0.1) is 38.0 Å². The van der Waals surface area contributed by atoms with Crippen molar-refractivity contribution in [2.24, 2.45) is 4.99 Å². The topological polar surface area (TPSA) is 126 Å². The van der Waals surface area contributed by atoms with E-state index >= 15 is 0 Å². The summed E-state index contributed by atoms with van der Waals surface area (Å²) in [6, 6.07) is 14.0. The number of benzene rings is 2. The van der Waals surface area contributed by atoms with Gasteiger partial charge in [-0.1, -0.05) is 29.5 Å². The third kappa shape index (κ3) is 5.11. The molecule has 0 spiro atoms. The number of methoxy groups -OCH3 is 1. The molecule has 10 nitrogen and oxygen atoms in total. The fourth-order valence-electron chi connectivity index (χ4n) is 4.41. The Kier molecular flexibility index (Phi) is 7.72. The Bertz CT molecular complexity index is 1870. The van der Waals surface area contributed by atoms with Crippen molar-refractivity contribution in [2.75, 3.05) is 13.7 Å². The molecule has 3 heterocycles. The number of allylic oxidation sites excluding steroid dienone is 1. The molecule has 0 aliphatic carbocycles. The normalized spacial score (nSPS) is 15.0. The van der Waals surface area contributed by atoms with Crippen LogP contribution in [-0.2, 0) is 9.53 Å². The first-order valence-electron chi connectivity index (χ1n) is 12.1. The second kappa shape index (κ2) is 11.2. The predicted molar refractivity (Wildman–Crippen MR) is 157 cm³/mol. The lowest BCUT2D eigenvalue weighted by Gasteiger charge is -2.22. The Morgan fingerprint density at radius 1 is 1.25 bits per heavy atom. The van der Waals surface area contributed by atoms with Crippen LogP contribution in [0.3, 0.4) is 0 Å². The number of hydrogen-bond acceptors (Lipinski definition) is 9. The first-order valence-corrected chi connectivity index (χ1v) is 14.0. The van der Waals surface area contributed by atoms with Gasteiger partial charge in [0.25, 0.3) is 11.2 Å². The number of nitro groups is 1. The van der Waals surface area contributed by atoms with Gasteiger partial charge in [-0.05, 0) is 72.3 Å². The summed E-state index contributed by atoms with van der Waals surface area (Å²) in [5, 5.41) is 11.3. The number of nitro benzene ring substituents is 1. The van der Waals surface area contributed by atoms with Gasteiger partial charge in [0.1, 0.15) is 23.3 Å². The highest BCUT2D eigenvalue weighted by Gasteiger charge is 2.35. The minimum Gasteiger partial charge on any atom is -0.496 e. The summed E-state index contributed by atoms with van der Waals surface area (Å²) >= 11 is 3.37.